The second-order valence-corrected chi connectivity index (χ2v) is 4.67. The third kappa shape index (κ3) is 6.27. The summed E-state index contributed by atoms with van der Waals surface area (Å²) in [7, 11) is 0. The van der Waals surface area contributed by atoms with Crippen molar-refractivity contribution in [1.82, 2.24) is 5.32 Å². The van der Waals surface area contributed by atoms with Crippen molar-refractivity contribution in [1.29, 1.82) is 0 Å². The molecule has 23 heavy (non-hydrogen) atoms. The molecule has 0 spiro atoms. The fraction of sp³-hybridized carbons (Fsp3) is 0.333. The van der Waals surface area contributed by atoms with E-state index in [1.165, 1.54) is 30.3 Å². The van der Waals surface area contributed by atoms with Gasteiger partial charge < -0.3 is 15.2 Å². The summed E-state index contributed by atoms with van der Waals surface area (Å²) in [5.74, 6) is -0.939. The molecule has 0 heterocycles. The molecule has 1 aromatic rings. The zero-order valence-electron chi connectivity index (χ0n) is 12.4. The number of nitro benzene ring substituents is 1. The summed E-state index contributed by atoms with van der Waals surface area (Å²) in [6, 6.07) is 4.46. The van der Waals surface area contributed by atoms with E-state index in [-0.39, 0.29) is 37.3 Å². The van der Waals surface area contributed by atoms with Gasteiger partial charge in [-0.1, -0.05) is 12.7 Å². The number of carbonyl (C=O) groups excluding carboxylic acids is 2. The molecule has 1 amide bonds. The van der Waals surface area contributed by atoms with E-state index in [0.29, 0.717) is 0 Å². The summed E-state index contributed by atoms with van der Waals surface area (Å²) >= 11 is 0. The number of aliphatic hydroxyl groups is 1. The topological polar surface area (TPSA) is 119 Å². The summed E-state index contributed by atoms with van der Waals surface area (Å²) in [4.78, 5) is 33.3. The number of hydrogen-bond donors (Lipinski definition) is 2. The van der Waals surface area contributed by atoms with E-state index < -0.39 is 22.8 Å². The van der Waals surface area contributed by atoms with Gasteiger partial charge in [0.15, 0.2) is 0 Å². The van der Waals surface area contributed by atoms with Crippen molar-refractivity contribution in [3.8, 4) is 0 Å². The minimum absolute atomic E-state index is 0.0413. The van der Waals surface area contributed by atoms with Crippen molar-refractivity contribution in [3.63, 3.8) is 0 Å². The summed E-state index contributed by atoms with van der Waals surface area (Å²) in [6.07, 6.45) is 1.70. The molecule has 1 rings (SSSR count). The van der Waals surface area contributed by atoms with Crippen LogP contribution in [0.15, 0.2) is 36.9 Å². The summed E-state index contributed by atoms with van der Waals surface area (Å²) in [5, 5.41) is 22.4. The Kier molecular flexibility index (Phi) is 7.41. The first-order chi connectivity index (χ1) is 11.0. The molecule has 0 radical (unpaired) electrons. The average Bonchev–Trinajstić information content (AvgIpc) is 2.56. The molecule has 124 valence electrons. The van der Waals surface area contributed by atoms with Gasteiger partial charge in [0.05, 0.1) is 17.6 Å². The molecule has 1 atom stereocenters. The number of nitrogens with zero attached hydrogens (tertiary/aromatic N) is 1. The van der Waals surface area contributed by atoms with Crippen LogP contribution in [0.1, 0.15) is 23.2 Å². The first-order valence-corrected chi connectivity index (χ1v) is 6.90. The molecule has 2 N–H and O–H groups in total. The van der Waals surface area contributed by atoms with E-state index in [9.17, 15) is 24.8 Å². The second kappa shape index (κ2) is 9.31. The molecule has 1 aromatic carbocycles. The molecule has 0 saturated heterocycles. The third-order valence-electron chi connectivity index (χ3n) is 2.96. The van der Waals surface area contributed by atoms with Crippen LogP contribution in [-0.2, 0) is 9.53 Å². The Morgan fingerprint density at radius 1 is 1.39 bits per heavy atom. The van der Waals surface area contributed by atoms with Crippen LogP contribution in [-0.4, -0.2) is 41.2 Å². The number of ether oxygens (including phenoxy) is 1. The Morgan fingerprint density at radius 3 is 2.57 bits per heavy atom. The maximum atomic E-state index is 12.0. The summed E-state index contributed by atoms with van der Waals surface area (Å²) in [6.45, 7) is 3.19. The molecular weight excluding hydrogens is 304 g/mol. The largest absolute Gasteiger partial charge is 0.461 e. The minimum Gasteiger partial charge on any atom is -0.461 e. The Hall–Kier alpha value is -2.74. The van der Waals surface area contributed by atoms with Crippen LogP contribution in [0, 0.1) is 10.1 Å². The van der Waals surface area contributed by atoms with E-state index in [2.05, 4.69) is 11.9 Å². The SMILES string of the molecule is C=CCOC(=O)CC[C@@H](CO)NC(=O)c1ccc([N+](=O)[O-])cc1. The number of hydrogen-bond acceptors (Lipinski definition) is 6. The lowest BCUT2D eigenvalue weighted by molar-refractivity contribution is -0.384. The van der Waals surface area contributed by atoms with Crippen LogP contribution in [0.25, 0.3) is 0 Å². The number of rotatable bonds is 9. The average molecular weight is 322 g/mol. The van der Waals surface area contributed by atoms with Gasteiger partial charge in [0.2, 0.25) is 0 Å². The van der Waals surface area contributed by atoms with Crippen LogP contribution in [0.2, 0.25) is 0 Å². The van der Waals surface area contributed by atoms with E-state index in [1.807, 2.05) is 0 Å². The normalized spacial score (nSPS) is 11.3. The monoisotopic (exact) mass is 322 g/mol. The van der Waals surface area contributed by atoms with Crippen molar-refractivity contribution >= 4 is 17.6 Å². The quantitative estimate of drug-likeness (QED) is 0.305. The van der Waals surface area contributed by atoms with Crippen molar-refractivity contribution in [3.05, 3.63) is 52.6 Å². The van der Waals surface area contributed by atoms with Gasteiger partial charge in [-0.3, -0.25) is 19.7 Å². The van der Waals surface area contributed by atoms with Gasteiger partial charge in [0, 0.05) is 24.1 Å². The highest BCUT2D eigenvalue weighted by molar-refractivity contribution is 5.94. The maximum Gasteiger partial charge on any atom is 0.306 e. The van der Waals surface area contributed by atoms with Crippen LogP contribution >= 0.6 is 0 Å². The Bertz CT molecular complexity index is 570. The number of aliphatic hydroxyl groups excluding tert-OH is 1. The molecule has 0 fully saturated rings. The smallest absolute Gasteiger partial charge is 0.306 e. The Balaban J connectivity index is 2.53. The van der Waals surface area contributed by atoms with Gasteiger partial charge in [-0.2, -0.15) is 0 Å². The maximum absolute atomic E-state index is 12.0. The molecule has 0 bridgehead atoms. The highest BCUT2D eigenvalue weighted by Crippen LogP contribution is 2.12. The lowest BCUT2D eigenvalue weighted by Gasteiger charge is -2.15. The molecule has 0 aliphatic carbocycles. The standard InChI is InChI=1S/C15H18N2O6/c1-2-9-23-14(19)8-5-12(10-18)16-15(20)11-3-6-13(7-4-11)17(21)22/h2-4,6-7,12,18H,1,5,8-10H2,(H,16,20)/t12-/m0/s1. The van der Waals surface area contributed by atoms with E-state index in [0.717, 1.165) is 0 Å². The van der Waals surface area contributed by atoms with Crippen molar-refractivity contribution in [2.24, 2.45) is 0 Å². The van der Waals surface area contributed by atoms with Crippen molar-refractivity contribution < 1.29 is 24.4 Å². The number of benzene rings is 1. The summed E-state index contributed by atoms with van der Waals surface area (Å²) in [5.41, 5.74) is 0.105. The number of amides is 1. The first kappa shape index (κ1) is 18.3. The van der Waals surface area contributed by atoms with Crippen LogP contribution in [0.3, 0.4) is 0 Å². The van der Waals surface area contributed by atoms with Gasteiger partial charge in [-0.15, -0.1) is 0 Å². The van der Waals surface area contributed by atoms with Gasteiger partial charge in [0.1, 0.15) is 6.61 Å². The zero-order valence-corrected chi connectivity index (χ0v) is 12.4. The Labute approximate surface area is 132 Å². The predicted molar refractivity (Wildman–Crippen MR) is 81.8 cm³/mol. The van der Waals surface area contributed by atoms with Gasteiger partial charge in [-0.25, -0.2) is 0 Å². The Morgan fingerprint density at radius 2 is 2.04 bits per heavy atom. The van der Waals surface area contributed by atoms with Crippen molar-refractivity contribution in [2.75, 3.05) is 13.2 Å². The van der Waals surface area contributed by atoms with Gasteiger partial charge in [-0.05, 0) is 18.6 Å². The molecule has 8 nitrogen and oxygen atoms in total. The highest BCUT2D eigenvalue weighted by atomic mass is 16.6. The second-order valence-electron chi connectivity index (χ2n) is 4.67. The number of nitro groups is 1. The zero-order chi connectivity index (χ0) is 17.2. The van der Waals surface area contributed by atoms with E-state index in [1.54, 1.807) is 0 Å². The van der Waals surface area contributed by atoms with Gasteiger partial charge in [0.25, 0.3) is 11.6 Å². The lowest BCUT2D eigenvalue weighted by Crippen LogP contribution is -2.37. The minimum atomic E-state index is -0.617. The van der Waals surface area contributed by atoms with Crippen LogP contribution < -0.4 is 5.32 Å². The van der Waals surface area contributed by atoms with Crippen LogP contribution in [0.5, 0.6) is 0 Å². The molecule has 0 aliphatic heterocycles. The molecule has 8 heteroatoms. The fourth-order valence-electron chi connectivity index (χ4n) is 1.73. The third-order valence-corrected chi connectivity index (χ3v) is 2.96. The van der Waals surface area contributed by atoms with Crippen LogP contribution in [0.4, 0.5) is 5.69 Å². The number of non-ortho nitro benzene ring substituents is 1. The molecule has 0 unspecified atom stereocenters. The van der Waals surface area contributed by atoms with E-state index in [4.69, 9.17) is 4.74 Å². The predicted octanol–water partition coefficient (Wildman–Crippen LogP) is 1.19. The summed E-state index contributed by atoms with van der Waals surface area (Å²) < 4.78 is 4.80. The molecule has 0 aromatic heterocycles. The lowest BCUT2D eigenvalue weighted by atomic mass is 10.1. The van der Waals surface area contributed by atoms with E-state index >= 15 is 0 Å². The fourth-order valence-corrected chi connectivity index (χ4v) is 1.73. The van der Waals surface area contributed by atoms with Gasteiger partial charge >= 0.3 is 5.97 Å². The first-order valence-electron chi connectivity index (χ1n) is 6.90. The number of carbonyl (C=O) groups is 2. The molecular formula is C15H18N2O6. The molecule has 0 aliphatic rings. The molecule has 0 saturated carbocycles. The highest BCUT2D eigenvalue weighted by Gasteiger charge is 2.16. The van der Waals surface area contributed by atoms with Crippen molar-refractivity contribution in [2.45, 2.75) is 18.9 Å². The number of esters is 1. The number of nitrogens with one attached hydrogen (secondary N) is 1.